The predicted octanol–water partition coefficient (Wildman–Crippen LogP) is 3.89. The number of carbonyl (C=O) groups is 2. The molecule has 4 rings (SSSR count). The van der Waals surface area contributed by atoms with Crippen molar-refractivity contribution in [2.24, 2.45) is 0 Å². The lowest BCUT2D eigenvalue weighted by Gasteiger charge is -2.19. The quantitative estimate of drug-likeness (QED) is 0.614. The van der Waals surface area contributed by atoms with Gasteiger partial charge in [-0.3, -0.25) is 4.79 Å². The zero-order valence-corrected chi connectivity index (χ0v) is 17.5. The summed E-state index contributed by atoms with van der Waals surface area (Å²) in [6.07, 6.45) is 2.17. The molecule has 0 fully saturated rings. The highest BCUT2D eigenvalue weighted by molar-refractivity contribution is 5.95. The van der Waals surface area contributed by atoms with E-state index in [0.717, 1.165) is 22.5 Å². The second-order valence-electron chi connectivity index (χ2n) is 8.24. The van der Waals surface area contributed by atoms with Crippen LogP contribution >= 0.6 is 0 Å². The Morgan fingerprint density at radius 1 is 1.23 bits per heavy atom. The highest BCUT2D eigenvalue weighted by Gasteiger charge is 2.40. The van der Waals surface area contributed by atoms with E-state index >= 15 is 0 Å². The minimum absolute atomic E-state index is 0.0420. The third kappa shape index (κ3) is 3.34. The molecule has 0 aliphatic carbocycles. The number of hydrogen-bond acceptors (Lipinski definition) is 4. The molecule has 1 amide bonds. The lowest BCUT2D eigenvalue weighted by atomic mass is 9.90. The fraction of sp³-hybridized carbons (Fsp3) is 0.348. The van der Waals surface area contributed by atoms with Crippen LogP contribution in [0, 0.1) is 5.82 Å². The van der Waals surface area contributed by atoms with Gasteiger partial charge in [0.15, 0.2) is 5.69 Å². The monoisotopic (exact) mass is 409 g/mol. The number of halogens is 1. The summed E-state index contributed by atoms with van der Waals surface area (Å²) in [7, 11) is 0. The number of rotatable bonds is 4. The van der Waals surface area contributed by atoms with Crippen molar-refractivity contribution in [3.8, 4) is 0 Å². The van der Waals surface area contributed by atoms with Crippen LogP contribution < -0.4 is 4.90 Å². The number of amides is 1. The van der Waals surface area contributed by atoms with E-state index in [9.17, 15) is 14.0 Å². The molecule has 0 atom stereocenters. The highest BCUT2D eigenvalue weighted by atomic mass is 19.1. The Bertz CT molecular complexity index is 1150. The van der Waals surface area contributed by atoms with E-state index in [1.54, 1.807) is 37.1 Å². The van der Waals surface area contributed by atoms with Crippen LogP contribution in [-0.2, 0) is 21.4 Å². The Kier molecular flexibility index (Phi) is 4.84. The van der Waals surface area contributed by atoms with Crippen LogP contribution in [0.5, 0.6) is 0 Å². The van der Waals surface area contributed by atoms with Crippen molar-refractivity contribution in [1.29, 1.82) is 0 Å². The second kappa shape index (κ2) is 7.23. The van der Waals surface area contributed by atoms with Crippen molar-refractivity contribution < 1.29 is 18.7 Å². The molecule has 3 aromatic rings. The normalized spacial score (nSPS) is 14.8. The third-order valence-electron chi connectivity index (χ3n) is 5.45. The number of pyridine rings is 1. The molecule has 1 aliphatic heterocycles. The van der Waals surface area contributed by atoms with E-state index in [2.05, 4.69) is 18.8 Å². The predicted molar refractivity (Wildman–Crippen MR) is 111 cm³/mol. The minimum atomic E-state index is -0.484. The summed E-state index contributed by atoms with van der Waals surface area (Å²) in [5.41, 5.74) is 4.04. The van der Waals surface area contributed by atoms with Gasteiger partial charge in [0.2, 0.25) is 5.91 Å². The summed E-state index contributed by atoms with van der Waals surface area (Å²) in [5, 5.41) is 0. The molecule has 0 saturated heterocycles. The first-order valence-corrected chi connectivity index (χ1v) is 9.96. The molecule has 0 bridgehead atoms. The van der Waals surface area contributed by atoms with Gasteiger partial charge in [0, 0.05) is 37.1 Å². The molecule has 6 nitrogen and oxygen atoms in total. The number of ether oxygens (including phenoxy) is 1. The maximum Gasteiger partial charge on any atom is 0.358 e. The summed E-state index contributed by atoms with van der Waals surface area (Å²) < 4.78 is 20.4. The van der Waals surface area contributed by atoms with Gasteiger partial charge in [0.25, 0.3) is 0 Å². The van der Waals surface area contributed by atoms with Gasteiger partial charge >= 0.3 is 5.97 Å². The number of nitrogens with zero attached hydrogens (tertiary/aromatic N) is 3. The Labute approximate surface area is 174 Å². The molecular weight excluding hydrogens is 385 g/mol. The molecule has 1 aliphatic rings. The first-order chi connectivity index (χ1) is 14.2. The molecule has 1 aromatic carbocycles. The van der Waals surface area contributed by atoms with Crippen molar-refractivity contribution in [3.63, 3.8) is 0 Å². The van der Waals surface area contributed by atoms with Crippen molar-refractivity contribution in [1.82, 2.24) is 9.38 Å². The molecule has 0 saturated carbocycles. The Hall–Kier alpha value is -3.22. The number of carbonyl (C=O) groups excluding carboxylic acids is 2. The molecule has 156 valence electrons. The maximum atomic E-state index is 13.3. The van der Waals surface area contributed by atoms with Crippen LogP contribution in [0.1, 0.15) is 55.0 Å². The van der Waals surface area contributed by atoms with Crippen molar-refractivity contribution >= 4 is 23.2 Å². The molecule has 2 aromatic heterocycles. The lowest BCUT2D eigenvalue weighted by Crippen LogP contribution is -2.32. The number of anilines is 1. The zero-order chi connectivity index (χ0) is 21.6. The maximum absolute atomic E-state index is 13.3. The number of aromatic nitrogens is 2. The summed E-state index contributed by atoms with van der Waals surface area (Å²) in [4.78, 5) is 31.0. The molecule has 7 heteroatoms. The van der Waals surface area contributed by atoms with Crippen LogP contribution in [0.4, 0.5) is 10.1 Å². The summed E-state index contributed by atoms with van der Waals surface area (Å²) in [5.74, 6) is -0.825. The van der Waals surface area contributed by atoms with E-state index in [4.69, 9.17) is 4.74 Å². The summed E-state index contributed by atoms with van der Waals surface area (Å²) in [6.45, 7) is 8.23. The molecule has 30 heavy (non-hydrogen) atoms. The van der Waals surface area contributed by atoms with Gasteiger partial charge in [0.05, 0.1) is 18.0 Å². The Morgan fingerprint density at radius 2 is 1.93 bits per heavy atom. The van der Waals surface area contributed by atoms with E-state index in [1.165, 1.54) is 12.1 Å². The molecule has 0 spiro atoms. The topological polar surface area (TPSA) is 63.9 Å². The standard InChI is InChI=1S/C23H24FN3O3/c1-5-30-22(29)18-12-26-20-19(27(14(2)28)13-23(20,3)4)11-16(21(26)25-18)10-15-6-8-17(24)9-7-15/h6-9,11-12H,5,10,13H2,1-4H3. The van der Waals surface area contributed by atoms with Gasteiger partial charge in [-0.05, 0) is 30.7 Å². The molecule has 3 heterocycles. The van der Waals surface area contributed by atoms with Crippen LogP contribution in [-0.4, -0.2) is 34.4 Å². The van der Waals surface area contributed by atoms with Gasteiger partial charge < -0.3 is 14.0 Å². The minimum Gasteiger partial charge on any atom is -0.461 e. The number of benzene rings is 1. The molecule has 0 N–H and O–H groups in total. The van der Waals surface area contributed by atoms with Gasteiger partial charge in [-0.2, -0.15) is 0 Å². The van der Waals surface area contributed by atoms with Crippen molar-refractivity contribution in [2.45, 2.75) is 39.5 Å². The van der Waals surface area contributed by atoms with E-state index in [0.29, 0.717) is 18.6 Å². The van der Waals surface area contributed by atoms with E-state index in [1.807, 2.05) is 10.5 Å². The average Bonchev–Trinajstić information content (AvgIpc) is 3.23. The van der Waals surface area contributed by atoms with E-state index in [-0.39, 0.29) is 29.4 Å². The largest absolute Gasteiger partial charge is 0.461 e. The van der Waals surface area contributed by atoms with Crippen molar-refractivity contribution in [2.75, 3.05) is 18.1 Å². The fourth-order valence-corrected chi connectivity index (χ4v) is 4.17. The van der Waals surface area contributed by atoms with Gasteiger partial charge in [-0.15, -0.1) is 0 Å². The van der Waals surface area contributed by atoms with Gasteiger partial charge in [0.1, 0.15) is 11.5 Å². The number of imidazole rings is 1. The van der Waals surface area contributed by atoms with Gasteiger partial charge in [-0.25, -0.2) is 14.2 Å². The molecular formula is C23H24FN3O3. The highest BCUT2D eigenvalue weighted by Crippen LogP contribution is 2.42. The second-order valence-corrected chi connectivity index (χ2v) is 8.24. The van der Waals surface area contributed by atoms with E-state index < -0.39 is 5.97 Å². The van der Waals surface area contributed by atoms with Crippen LogP contribution in [0.15, 0.2) is 36.5 Å². The third-order valence-corrected chi connectivity index (χ3v) is 5.45. The van der Waals surface area contributed by atoms with Gasteiger partial charge in [-0.1, -0.05) is 26.0 Å². The molecule has 0 radical (unpaired) electrons. The number of hydrogen-bond donors (Lipinski definition) is 0. The van der Waals surface area contributed by atoms with Crippen molar-refractivity contribution in [3.05, 3.63) is 64.9 Å². The Balaban J connectivity index is 1.94. The number of fused-ring (bicyclic) bond motifs is 3. The summed E-state index contributed by atoms with van der Waals surface area (Å²) in [6, 6.07) is 8.25. The smallest absolute Gasteiger partial charge is 0.358 e. The first kappa shape index (κ1) is 20.1. The average molecular weight is 409 g/mol. The molecule has 0 unspecified atom stereocenters. The summed E-state index contributed by atoms with van der Waals surface area (Å²) >= 11 is 0. The SMILES string of the molecule is CCOC(=O)c1cn2c3c(cc(Cc4ccc(F)cc4)c2n1)N(C(C)=O)CC3(C)C. The van der Waals surface area contributed by atoms with Crippen LogP contribution in [0.3, 0.4) is 0 Å². The fourth-order valence-electron chi connectivity index (χ4n) is 4.17. The number of esters is 1. The van der Waals surface area contributed by atoms with Crippen LogP contribution in [0.25, 0.3) is 5.65 Å². The Morgan fingerprint density at radius 3 is 2.57 bits per heavy atom. The van der Waals surface area contributed by atoms with Crippen LogP contribution in [0.2, 0.25) is 0 Å². The first-order valence-electron chi connectivity index (χ1n) is 9.96. The zero-order valence-electron chi connectivity index (χ0n) is 17.5. The lowest BCUT2D eigenvalue weighted by molar-refractivity contribution is -0.116.